The first-order valence-corrected chi connectivity index (χ1v) is 9.37. The molecule has 1 aromatic rings. The van der Waals surface area contributed by atoms with Gasteiger partial charge in [-0.1, -0.05) is 0 Å². The Balaban J connectivity index is 2.03. The Morgan fingerprint density at radius 2 is 1.95 bits per heavy atom. The van der Waals surface area contributed by atoms with Crippen LogP contribution in [0.3, 0.4) is 0 Å². The minimum absolute atomic E-state index is 0.387. The van der Waals surface area contributed by atoms with E-state index in [1.165, 1.54) is 6.26 Å². The van der Waals surface area contributed by atoms with Crippen molar-refractivity contribution in [1.29, 1.82) is 0 Å². The highest BCUT2D eigenvalue weighted by molar-refractivity contribution is 9.10. The van der Waals surface area contributed by atoms with Crippen molar-refractivity contribution in [1.82, 2.24) is 5.32 Å². The maximum absolute atomic E-state index is 11.7. The number of ether oxygens (including phenoxy) is 2. The van der Waals surface area contributed by atoms with Gasteiger partial charge in [0.1, 0.15) is 13.2 Å². The molecule has 1 heterocycles. The number of benzene rings is 1. The van der Waals surface area contributed by atoms with Crippen LogP contribution in [0.25, 0.3) is 0 Å². The van der Waals surface area contributed by atoms with Crippen molar-refractivity contribution in [2.45, 2.75) is 25.1 Å². The Hall–Kier alpha value is -0.790. The summed E-state index contributed by atoms with van der Waals surface area (Å²) in [5.74, 6) is 1.44. The first kappa shape index (κ1) is 16.6. The molecule has 1 N–H and O–H groups in total. The predicted molar refractivity (Wildman–Crippen MR) is 85.8 cm³/mol. The van der Waals surface area contributed by atoms with E-state index in [0.29, 0.717) is 26.3 Å². The van der Waals surface area contributed by atoms with Gasteiger partial charge in [0, 0.05) is 19.3 Å². The molecular weight excluding hydrogens is 358 g/mol. The van der Waals surface area contributed by atoms with Gasteiger partial charge in [-0.15, -0.1) is 0 Å². The fourth-order valence-electron chi connectivity index (χ4n) is 1.91. The number of halogens is 1. The molecule has 0 atom stereocenters. The number of hydrogen-bond acceptors (Lipinski definition) is 5. The molecule has 0 spiro atoms. The molecule has 0 fully saturated rings. The molecule has 0 bridgehead atoms. The van der Waals surface area contributed by atoms with E-state index >= 15 is 0 Å². The highest BCUT2D eigenvalue weighted by Gasteiger charge is 2.29. The maximum Gasteiger partial charge on any atom is 0.175 e. The molecule has 21 heavy (non-hydrogen) atoms. The van der Waals surface area contributed by atoms with Crippen LogP contribution in [0.15, 0.2) is 16.6 Å². The second-order valence-electron chi connectivity index (χ2n) is 5.74. The van der Waals surface area contributed by atoms with E-state index in [2.05, 4.69) is 21.2 Å². The van der Waals surface area contributed by atoms with Gasteiger partial charge in [0.25, 0.3) is 0 Å². The van der Waals surface area contributed by atoms with Crippen LogP contribution in [0.4, 0.5) is 0 Å². The summed E-state index contributed by atoms with van der Waals surface area (Å²) in [6.07, 6.45) is 1.26. The molecule has 118 valence electrons. The zero-order valence-corrected chi connectivity index (χ0v) is 14.8. The van der Waals surface area contributed by atoms with E-state index in [1.807, 2.05) is 12.1 Å². The zero-order valence-electron chi connectivity index (χ0n) is 12.4. The van der Waals surface area contributed by atoms with Gasteiger partial charge in [-0.05, 0) is 47.5 Å². The molecule has 0 saturated heterocycles. The van der Waals surface area contributed by atoms with Crippen LogP contribution >= 0.6 is 15.9 Å². The van der Waals surface area contributed by atoms with E-state index in [1.54, 1.807) is 13.8 Å². The van der Waals surface area contributed by atoms with Crippen molar-refractivity contribution in [3.63, 3.8) is 0 Å². The second-order valence-corrected chi connectivity index (χ2v) is 9.24. The summed E-state index contributed by atoms with van der Waals surface area (Å²) in [4.78, 5) is 0. The summed E-state index contributed by atoms with van der Waals surface area (Å²) in [6, 6.07) is 3.87. The maximum atomic E-state index is 11.7. The van der Waals surface area contributed by atoms with Crippen molar-refractivity contribution in [2.75, 3.05) is 26.0 Å². The van der Waals surface area contributed by atoms with Crippen LogP contribution in [0, 0.1) is 0 Å². The Morgan fingerprint density at radius 1 is 1.29 bits per heavy atom. The lowest BCUT2D eigenvalue weighted by atomic mass is 10.1. The van der Waals surface area contributed by atoms with E-state index in [0.717, 1.165) is 21.5 Å². The number of hydrogen-bond donors (Lipinski definition) is 1. The van der Waals surface area contributed by atoms with Crippen LogP contribution in [0.5, 0.6) is 11.5 Å². The molecular formula is C14H20BrNO4S. The number of sulfone groups is 1. The molecule has 2 rings (SSSR count). The Kier molecular flexibility index (Phi) is 4.85. The minimum atomic E-state index is -3.10. The minimum Gasteiger partial charge on any atom is -0.486 e. The number of rotatable bonds is 5. The molecule has 1 aliphatic rings. The van der Waals surface area contributed by atoms with Crippen molar-refractivity contribution in [2.24, 2.45) is 0 Å². The van der Waals surface area contributed by atoms with Crippen LogP contribution in [-0.4, -0.2) is 39.2 Å². The Labute approximate surface area is 134 Å². The van der Waals surface area contributed by atoms with Gasteiger partial charge in [0.15, 0.2) is 21.3 Å². The summed E-state index contributed by atoms with van der Waals surface area (Å²) >= 11 is 3.47. The van der Waals surface area contributed by atoms with Gasteiger partial charge < -0.3 is 14.8 Å². The molecule has 0 amide bonds. The third-order valence-corrected chi connectivity index (χ3v) is 6.28. The van der Waals surface area contributed by atoms with Gasteiger partial charge in [-0.2, -0.15) is 0 Å². The van der Waals surface area contributed by atoms with Crippen LogP contribution in [0.1, 0.15) is 19.4 Å². The first-order chi connectivity index (χ1) is 9.71. The second kappa shape index (κ2) is 6.14. The van der Waals surface area contributed by atoms with Gasteiger partial charge in [-0.3, -0.25) is 0 Å². The third kappa shape index (κ3) is 3.90. The zero-order chi connectivity index (χ0) is 15.7. The average molecular weight is 378 g/mol. The Morgan fingerprint density at radius 3 is 2.62 bits per heavy atom. The highest BCUT2D eigenvalue weighted by Crippen LogP contribution is 2.38. The summed E-state index contributed by atoms with van der Waals surface area (Å²) in [7, 11) is -3.10. The van der Waals surface area contributed by atoms with Crippen LogP contribution in [-0.2, 0) is 16.4 Å². The SMILES string of the molecule is CC(C)(CNCc1cc(Br)c2c(c1)OCCO2)S(C)(=O)=O. The number of fused-ring (bicyclic) bond motifs is 1. The summed E-state index contributed by atoms with van der Waals surface area (Å²) in [6.45, 7) is 5.47. The standard InChI is InChI=1S/C14H20BrNO4S/c1-14(2,21(3,17)18)9-16-8-10-6-11(15)13-12(7-10)19-4-5-20-13/h6-7,16H,4-5,8-9H2,1-3H3. The molecule has 0 aliphatic carbocycles. The van der Waals surface area contributed by atoms with Crippen molar-refractivity contribution in [3.8, 4) is 11.5 Å². The monoisotopic (exact) mass is 377 g/mol. The van der Waals surface area contributed by atoms with Gasteiger partial charge in [-0.25, -0.2) is 8.42 Å². The molecule has 5 nitrogen and oxygen atoms in total. The van der Waals surface area contributed by atoms with Gasteiger partial charge in [0.05, 0.1) is 9.22 Å². The Bertz CT molecular complexity index is 628. The molecule has 1 aromatic carbocycles. The topological polar surface area (TPSA) is 64.6 Å². The average Bonchev–Trinajstić information content (AvgIpc) is 2.37. The van der Waals surface area contributed by atoms with E-state index in [4.69, 9.17) is 9.47 Å². The summed E-state index contributed by atoms with van der Waals surface area (Å²) in [5.41, 5.74) is 1.01. The molecule has 0 unspecified atom stereocenters. The summed E-state index contributed by atoms with van der Waals surface area (Å²) < 4.78 is 34.5. The fourth-order valence-corrected chi connectivity index (χ4v) is 2.87. The predicted octanol–water partition coefficient (Wildman–Crippen LogP) is 2.13. The lowest BCUT2D eigenvalue weighted by Crippen LogP contribution is -2.41. The third-order valence-electron chi connectivity index (χ3n) is 3.54. The quantitative estimate of drug-likeness (QED) is 0.851. The van der Waals surface area contributed by atoms with Crippen molar-refractivity contribution >= 4 is 25.8 Å². The van der Waals surface area contributed by atoms with Crippen molar-refractivity contribution in [3.05, 3.63) is 22.2 Å². The van der Waals surface area contributed by atoms with E-state index in [-0.39, 0.29) is 0 Å². The number of nitrogens with one attached hydrogen (secondary N) is 1. The van der Waals surface area contributed by atoms with Gasteiger partial charge >= 0.3 is 0 Å². The molecule has 0 saturated carbocycles. The molecule has 0 radical (unpaired) electrons. The van der Waals surface area contributed by atoms with Crippen LogP contribution in [0.2, 0.25) is 0 Å². The summed E-state index contributed by atoms with van der Waals surface area (Å²) in [5, 5.41) is 3.19. The fraction of sp³-hybridized carbons (Fsp3) is 0.571. The first-order valence-electron chi connectivity index (χ1n) is 6.69. The van der Waals surface area contributed by atoms with E-state index < -0.39 is 14.6 Å². The van der Waals surface area contributed by atoms with E-state index in [9.17, 15) is 8.42 Å². The molecule has 7 heteroatoms. The lowest BCUT2D eigenvalue weighted by molar-refractivity contribution is 0.170. The highest BCUT2D eigenvalue weighted by atomic mass is 79.9. The van der Waals surface area contributed by atoms with Crippen LogP contribution < -0.4 is 14.8 Å². The van der Waals surface area contributed by atoms with Crippen molar-refractivity contribution < 1.29 is 17.9 Å². The smallest absolute Gasteiger partial charge is 0.175 e. The normalized spacial score (nSPS) is 15.0. The van der Waals surface area contributed by atoms with Gasteiger partial charge in [0.2, 0.25) is 0 Å². The molecule has 0 aromatic heterocycles. The lowest BCUT2D eigenvalue weighted by Gasteiger charge is -2.23. The largest absolute Gasteiger partial charge is 0.486 e. The molecule has 1 aliphatic heterocycles.